The maximum atomic E-state index is 13.3. The number of carbonyl (C=O) groups is 1. The Morgan fingerprint density at radius 3 is 2.64 bits per heavy atom. The largest absolute Gasteiger partial charge is 0.379 e. The molecule has 0 atom stereocenters. The van der Waals surface area contributed by atoms with Crippen molar-refractivity contribution in [1.29, 1.82) is 0 Å². The Morgan fingerprint density at radius 2 is 1.94 bits per heavy atom. The molecule has 1 fully saturated rings. The van der Waals surface area contributed by atoms with Crippen LogP contribution in [-0.4, -0.2) is 75.6 Å². The number of rotatable bonds is 8. The Morgan fingerprint density at radius 1 is 1.21 bits per heavy atom. The Labute approximate surface area is 206 Å². The number of nitrogens with zero attached hydrogens (tertiary/aromatic N) is 3. The zero-order chi connectivity index (χ0) is 23.4. The van der Waals surface area contributed by atoms with Crippen LogP contribution in [0.5, 0.6) is 0 Å². The Kier molecular flexibility index (Phi) is 7.93. The molecule has 0 aliphatic carbocycles. The molecule has 11 heteroatoms. The quantitative estimate of drug-likeness (QED) is 0.414. The normalized spacial score (nSPS) is 15.1. The minimum absolute atomic E-state index is 0.0804. The van der Waals surface area contributed by atoms with Gasteiger partial charge in [-0.3, -0.25) is 14.6 Å². The summed E-state index contributed by atoms with van der Waals surface area (Å²) in [5.74, 6) is 0.155. The topological polar surface area (TPSA) is 79.8 Å². The highest BCUT2D eigenvalue weighted by molar-refractivity contribution is 8.00. The van der Waals surface area contributed by atoms with Crippen LogP contribution in [0.1, 0.15) is 0 Å². The van der Waals surface area contributed by atoms with Crippen LogP contribution < -0.4 is 4.90 Å². The number of anilines is 1. The molecular weight excluding hydrogens is 502 g/mol. The molecule has 0 saturated carbocycles. The number of hydrogen-bond acceptors (Lipinski definition) is 8. The number of hydrogen-bond donors (Lipinski definition) is 0. The van der Waals surface area contributed by atoms with E-state index in [0.29, 0.717) is 42.0 Å². The second-order valence-corrected chi connectivity index (χ2v) is 12.1. The van der Waals surface area contributed by atoms with Crippen LogP contribution in [0.15, 0.2) is 52.3 Å². The van der Waals surface area contributed by atoms with Crippen molar-refractivity contribution in [3.8, 4) is 0 Å². The van der Waals surface area contributed by atoms with Gasteiger partial charge >= 0.3 is 0 Å². The number of morpholine rings is 1. The number of ether oxygens (including phenoxy) is 1. The van der Waals surface area contributed by atoms with E-state index in [-0.39, 0.29) is 16.6 Å². The van der Waals surface area contributed by atoms with Crippen LogP contribution in [0.4, 0.5) is 5.13 Å². The number of sulfone groups is 1. The molecule has 0 unspecified atom stereocenters. The molecule has 0 spiro atoms. The fourth-order valence-corrected chi connectivity index (χ4v) is 6.31. The zero-order valence-corrected chi connectivity index (χ0v) is 21.3. The van der Waals surface area contributed by atoms with Gasteiger partial charge in [0.15, 0.2) is 15.0 Å². The minimum Gasteiger partial charge on any atom is -0.379 e. The van der Waals surface area contributed by atoms with E-state index >= 15 is 0 Å². The molecular formula is C22H24ClN3O4S3. The van der Waals surface area contributed by atoms with Gasteiger partial charge in [0.05, 0.1) is 28.6 Å². The first-order chi connectivity index (χ1) is 15.8. The van der Waals surface area contributed by atoms with Crippen LogP contribution in [0.3, 0.4) is 0 Å². The third kappa shape index (κ3) is 6.26. The lowest BCUT2D eigenvalue weighted by atomic mass is 10.3. The molecule has 1 aliphatic heterocycles. The van der Waals surface area contributed by atoms with Gasteiger partial charge in [0, 0.05) is 42.4 Å². The molecule has 2 heterocycles. The standard InChI is InChI=1S/C22H24ClN3O4S3/c1-33(28,29)19-4-2-3-18-21(19)24-22(32-18)26(10-9-25-11-13-30-14-12-25)20(27)15-31-17-7-5-16(23)6-8-17/h2-8H,9-15H2,1H3. The third-order valence-electron chi connectivity index (χ3n) is 5.22. The lowest BCUT2D eigenvalue weighted by Crippen LogP contribution is -2.43. The van der Waals surface area contributed by atoms with Gasteiger partial charge in [0.25, 0.3) is 0 Å². The summed E-state index contributed by atoms with van der Waals surface area (Å²) in [5, 5.41) is 1.16. The van der Waals surface area contributed by atoms with E-state index < -0.39 is 9.84 Å². The number of amides is 1. The average molecular weight is 526 g/mol. The molecule has 4 rings (SSSR count). The molecule has 176 valence electrons. The van der Waals surface area contributed by atoms with E-state index in [2.05, 4.69) is 9.88 Å². The van der Waals surface area contributed by atoms with E-state index in [1.54, 1.807) is 29.2 Å². The number of thiazole rings is 1. The van der Waals surface area contributed by atoms with Crippen molar-refractivity contribution in [2.45, 2.75) is 9.79 Å². The molecule has 33 heavy (non-hydrogen) atoms. The highest BCUT2D eigenvalue weighted by atomic mass is 35.5. The van der Waals surface area contributed by atoms with E-state index in [0.717, 1.165) is 22.7 Å². The summed E-state index contributed by atoms with van der Waals surface area (Å²) in [5.41, 5.74) is 0.412. The van der Waals surface area contributed by atoms with Crippen LogP contribution in [-0.2, 0) is 19.4 Å². The van der Waals surface area contributed by atoms with Crippen molar-refractivity contribution in [1.82, 2.24) is 9.88 Å². The number of benzene rings is 2. The summed E-state index contributed by atoms with van der Waals surface area (Å²) in [7, 11) is -3.44. The van der Waals surface area contributed by atoms with Gasteiger partial charge in [-0.1, -0.05) is 29.0 Å². The van der Waals surface area contributed by atoms with Crippen molar-refractivity contribution in [3.63, 3.8) is 0 Å². The van der Waals surface area contributed by atoms with Gasteiger partial charge in [-0.15, -0.1) is 11.8 Å². The SMILES string of the molecule is CS(=O)(=O)c1cccc2sc(N(CCN3CCOCC3)C(=O)CSc3ccc(Cl)cc3)nc12. The highest BCUT2D eigenvalue weighted by Gasteiger charge is 2.23. The van der Waals surface area contributed by atoms with Gasteiger partial charge in [0.1, 0.15) is 5.52 Å². The number of aromatic nitrogens is 1. The molecule has 0 radical (unpaired) electrons. The predicted octanol–water partition coefficient (Wildman–Crippen LogP) is 3.81. The molecule has 0 N–H and O–H groups in total. The van der Waals surface area contributed by atoms with E-state index in [4.69, 9.17) is 16.3 Å². The van der Waals surface area contributed by atoms with Crippen LogP contribution in [0, 0.1) is 0 Å². The number of carbonyl (C=O) groups excluding carboxylic acids is 1. The molecule has 1 saturated heterocycles. The molecule has 1 aliphatic rings. The predicted molar refractivity (Wildman–Crippen MR) is 135 cm³/mol. The number of thioether (sulfide) groups is 1. The third-order valence-corrected chi connectivity index (χ3v) is 8.64. The van der Waals surface area contributed by atoms with E-state index in [1.165, 1.54) is 29.4 Å². The first-order valence-electron chi connectivity index (χ1n) is 10.4. The molecule has 3 aromatic rings. The van der Waals surface area contributed by atoms with Crippen LogP contribution >= 0.6 is 34.7 Å². The van der Waals surface area contributed by atoms with Gasteiger partial charge in [-0.05, 0) is 36.4 Å². The maximum absolute atomic E-state index is 13.3. The second-order valence-electron chi connectivity index (χ2n) is 7.61. The molecule has 1 amide bonds. The zero-order valence-electron chi connectivity index (χ0n) is 18.1. The lowest BCUT2D eigenvalue weighted by molar-refractivity contribution is -0.116. The lowest BCUT2D eigenvalue weighted by Gasteiger charge is -2.29. The fourth-order valence-electron chi connectivity index (χ4n) is 3.47. The van der Waals surface area contributed by atoms with Gasteiger partial charge in [-0.2, -0.15) is 0 Å². The number of halogens is 1. The van der Waals surface area contributed by atoms with E-state index in [1.807, 2.05) is 18.2 Å². The number of fused-ring (bicyclic) bond motifs is 1. The summed E-state index contributed by atoms with van der Waals surface area (Å²) in [6.07, 6.45) is 1.17. The van der Waals surface area contributed by atoms with Crippen molar-refractivity contribution in [3.05, 3.63) is 47.5 Å². The summed E-state index contributed by atoms with van der Waals surface area (Å²) in [4.78, 5) is 23.0. The summed E-state index contributed by atoms with van der Waals surface area (Å²) in [6.45, 7) is 4.15. The van der Waals surface area contributed by atoms with Gasteiger partial charge in [-0.25, -0.2) is 13.4 Å². The molecule has 2 aromatic carbocycles. The average Bonchev–Trinajstić information content (AvgIpc) is 3.22. The Balaban J connectivity index is 1.58. The first kappa shape index (κ1) is 24.4. The van der Waals surface area contributed by atoms with Crippen LogP contribution in [0.2, 0.25) is 5.02 Å². The van der Waals surface area contributed by atoms with Gasteiger partial charge in [0.2, 0.25) is 5.91 Å². The van der Waals surface area contributed by atoms with Crippen molar-refractivity contribution in [2.24, 2.45) is 0 Å². The first-order valence-corrected chi connectivity index (χ1v) is 14.5. The maximum Gasteiger partial charge on any atom is 0.239 e. The number of para-hydroxylation sites is 1. The van der Waals surface area contributed by atoms with Crippen molar-refractivity contribution >= 4 is 65.8 Å². The minimum atomic E-state index is -3.44. The van der Waals surface area contributed by atoms with Crippen molar-refractivity contribution in [2.75, 3.05) is 56.3 Å². The van der Waals surface area contributed by atoms with Gasteiger partial charge < -0.3 is 4.74 Å². The monoisotopic (exact) mass is 525 g/mol. The van der Waals surface area contributed by atoms with Crippen LogP contribution in [0.25, 0.3) is 10.2 Å². The molecule has 7 nitrogen and oxygen atoms in total. The molecule has 1 aromatic heterocycles. The highest BCUT2D eigenvalue weighted by Crippen LogP contribution is 2.33. The smallest absolute Gasteiger partial charge is 0.239 e. The Hall–Kier alpha value is -1.69. The Bertz CT molecular complexity index is 1230. The summed E-state index contributed by atoms with van der Waals surface area (Å²) < 4.78 is 30.6. The molecule has 0 bridgehead atoms. The summed E-state index contributed by atoms with van der Waals surface area (Å²) in [6, 6.07) is 12.4. The summed E-state index contributed by atoms with van der Waals surface area (Å²) >= 11 is 8.72. The second kappa shape index (κ2) is 10.7. The van der Waals surface area contributed by atoms with Crippen molar-refractivity contribution < 1.29 is 17.9 Å². The van der Waals surface area contributed by atoms with E-state index in [9.17, 15) is 13.2 Å². The fraction of sp³-hybridized carbons (Fsp3) is 0.364.